The maximum atomic E-state index is 11.5. The van der Waals surface area contributed by atoms with Crippen molar-refractivity contribution in [3.8, 4) is 5.75 Å². The monoisotopic (exact) mass is 195 g/mol. The summed E-state index contributed by atoms with van der Waals surface area (Å²) in [6.07, 6.45) is 0. The fourth-order valence-corrected chi connectivity index (χ4v) is 1.15. The Morgan fingerprint density at radius 2 is 2.14 bits per heavy atom. The molecule has 0 aliphatic heterocycles. The maximum absolute atomic E-state index is 11.5. The van der Waals surface area contributed by atoms with Crippen LogP contribution < -0.4 is 10.5 Å². The van der Waals surface area contributed by atoms with E-state index in [1.54, 1.807) is 18.2 Å². The van der Waals surface area contributed by atoms with Crippen molar-refractivity contribution in [1.82, 2.24) is 0 Å². The van der Waals surface area contributed by atoms with Gasteiger partial charge in [0.1, 0.15) is 12.4 Å². The van der Waals surface area contributed by atoms with Crippen LogP contribution in [0.1, 0.15) is 10.4 Å². The topological polar surface area (TPSA) is 61.5 Å². The molecule has 1 rings (SSSR count). The van der Waals surface area contributed by atoms with Crippen LogP contribution in [0.2, 0.25) is 0 Å². The van der Waals surface area contributed by atoms with E-state index in [4.69, 9.17) is 15.2 Å². The van der Waals surface area contributed by atoms with E-state index in [-0.39, 0.29) is 12.4 Å². The van der Waals surface area contributed by atoms with E-state index in [1.807, 2.05) is 0 Å². The van der Waals surface area contributed by atoms with Gasteiger partial charge in [-0.05, 0) is 12.1 Å². The van der Waals surface area contributed by atoms with E-state index in [1.165, 1.54) is 14.2 Å². The number of hydrogen-bond acceptors (Lipinski definition) is 4. The molecule has 0 unspecified atom stereocenters. The first-order valence-corrected chi connectivity index (χ1v) is 4.14. The largest absolute Gasteiger partial charge is 0.496 e. The average Bonchev–Trinajstić information content (AvgIpc) is 2.17. The van der Waals surface area contributed by atoms with Gasteiger partial charge >= 0.3 is 0 Å². The molecule has 76 valence electrons. The van der Waals surface area contributed by atoms with Crippen LogP contribution in [0.5, 0.6) is 5.75 Å². The highest BCUT2D eigenvalue weighted by Crippen LogP contribution is 2.21. The molecular formula is C10H13NO3. The quantitative estimate of drug-likeness (QED) is 0.577. The number of rotatable bonds is 4. The molecule has 0 aliphatic rings. The predicted molar refractivity (Wildman–Crippen MR) is 53.6 cm³/mol. The summed E-state index contributed by atoms with van der Waals surface area (Å²) in [6, 6.07) is 4.91. The lowest BCUT2D eigenvalue weighted by Crippen LogP contribution is -2.08. The molecule has 4 heteroatoms. The van der Waals surface area contributed by atoms with Crippen LogP contribution in [0.25, 0.3) is 0 Å². The predicted octanol–water partition coefficient (Wildman–Crippen LogP) is 1.11. The third-order valence-electron chi connectivity index (χ3n) is 1.80. The molecular weight excluding hydrogens is 182 g/mol. The fourth-order valence-electron chi connectivity index (χ4n) is 1.15. The lowest BCUT2D eigenvalue weighted by Gasteiger charge is -2.07. The highest BCUT2D eigenvalue weighted by atomic mass is 16.5. The Morgan fingerprint density at radius 1 is 1.43 bits per heavy atom. The molecule has 0 spiro atoms. The summed E-state index contributed by atoms with van der Waals surface area (Å²) in [4.78, 5) is 11.5. The van der Waals surface area contributed by atoms with Crippen LogP contribution in [0.15, 0.2) is 18.2 Å². The Hall–Kier alpha value is -1.55. The molecule has 0 aromatic heterocycles. The number of Topliss-reactive ketones (excluding diaryl/α,β-unsaturated/α-hetero) is 1. The van der Waals surface area contributed by atoms with Crippen LogP contribution in [0, 0.1) is 0 Å². The van der Waals surface area contributed by atoms with Crippen LogP contribution >= 0.6 is 0 Å². The van der Waals surface area contributed by atoms with Gasteiger partial charge in [-0.3, -0.25) is 4.79 Å². The van der Waals surface area contributed by atoms with Crippen molar-refractivity contribution >= 4 is 11.5 Å². The van der Waals surface area contributed by atoms with Crippen molar-refractivity contribution in [3.63, 3.8) is 0 Å². The van der Waals surface area contributed by atoms with E-state index >= 15 is 0 Å². The summed E-state index contributed by atoms with van der Waals surface area (Å²) in [7, 11) is 2.97. The first-order chi connectivity index (χ1) is 6.69. The Labute approximate surface area is 82.6 Å². The molecule has 4 nitrogen and oxygen atoms in total. The van der Waals surface area contributed by atoms with Gasteiger partial charge in [-0.2, -0.15) is 0 Å². The van der Waals surface area contributed by atoms with E-state index in [0.29, 0.717) is 17.0 Å². The van der Waals surface area contributed by atoms with Crippen molar-refractivity contribution in [3.05, 3.63) is 23.8 Å². The van der Waals surface area contributed by atoms with Gasteiger partial charge in [0, 0.05) is 18.9 Å². The third kappa shape index (κ3) is 2.23. The maximum Gasteiger partial charge on any atom is 0.192 e. The number of hydrogen-bond donors (Lipinski definition) is 1. The van der Waals surface area contributed by atoms with Gasteiger partial charge in [0.2, 0.25) is 0 Å². The summed E-state index contributed by atoms with van der Waals surface area (Å²) in [6.45, 7) is 0.0419. The van der Waals surface area contributed by atoms with E-state index in [9.17, 15) is 4.79 Å². The van der Waals surface area contributed by atoms with E-state index in [0.717, 1.165) is 0 Å². The third-order valence-corrected chi connectivity index (χ3v) is 1.80. The minimum Gasteiger partial charge on any atom is -0.496 e. The van der Waals surface area contributed by atoms with Crippen molar-refractivity contribution in [1.29, 1.82) is 0 Å². The number of carbonyl (C=O) groups is 1. The van der Waals surface area contributed by atoms with Crippen LogP contribution in [-0.2, 0) is 4.74 Å². The summed E-state index contributed by atoms with van der Waals surface area (Å²) in [5.41, 5.74) is 6.61. The number of nitrogens with two attached hydrogens (primary N) is 1. The summed E-state index contributed by atoms with van der Waals surface area (Å²) >= 11 is 0. The van der Waals surface area contributed by atoms with Crippen molar-refractivity contribution < 1.29 is 14.3 Å². The Balaban J connectivity index is 3.01. The van der Waals surface area contributed by atoms with Gasteiger partial charge < -0.3 is 15.2 Å². The molecule has 1 aromatic carbocycles. The Morgan fingerprint density at radius 3 is 2.71 bits per heavy atom. The Bertz CT molecular complexity index is 336. The molecule has 14 heavy (non-hydrogen) atoms. The number of benzene rings is 1. The zero-order valence-corrected chi connectivity index (χ0v) is 8.24. The van der Waals surface area contributed by atoms with Crippen molar-refractivity contribution in [2.75, 3.05) is 26.6 Å². The minimum atomic E-state index is -0.121. The van der Waals surface area contributed by atoms with Crippen LogP contribution in [0.3, 0.4) is 0 Å². The highest BCUT2D eigenvalue weighted by Gasteiger charge is 2.11. The molecule has 0 bridgehead atoms. The zero-order chi connectivity index (χ0) is 10.6. The first kappa shape index (κ1) is 10.5. The second-order valence-electron chi connectivity index (χ2n) is 2.82. The molecule has 0 fully saturated rings. The number of anilines is 1. The van der Waals surface area contributed by atoms with E-state index in [2.05, 4.69) is 0 Å². The molecule has 0 amide bonds. The van der Waals surface area contributed by atoms with Gasteiger partial charge in [0.15, 0.2) is 5.78 Å². The van der Waals surface area contributed by atoms with Gasteiger partial charge in [0.05, 0.1) is 12.7 Å². The lowest BCUT2D eigenvalue weighted by molar-refractivity contribution is 0.0845. The van der Waals surface area contributed by atoms with Gasteiger partial charge in [0.25, 0.3) is 0 Å². The molecule has 0 atom stereocenters. The number of carbonyl (C=O) groups excluding carboxylic acids is 1. The molecule has 0 saturated heterocycles. The second-order valence-corrected chi connectivity index (χ2v) is 2.82. The molecule has 1 aromatic rings. The minimum absolute atomic E-state index is 0.0419. The summed E-state index contributed by atoms with van der Waals surface area (Å²) in [5, 5.41) is 0. The standard InChI is InChI=1S/C10H13NO3/c1-13-6-9(12)8-4-3-7(11)5-10(8)14-2/h3-5H,6,11H2,1-2H3. The van der Waals surface area contributed by atoms with Crippen LogP contribution in [0.4, 0.5) is 5.69 Å². The van der Waals surface area contributed by atoms with Crippen molar-refractivity contribution in [2.24, 2.45) is 0 Å². The van der Waals surface area contributed by atoms with Crippen molar-refractivity contribution in [2.45, 2.75) is 0 Å². The zero-order valence-electron chi connectivity index (χ0n) is 8.24. The van der Waals surface area contributed by atoms with Gasteiger partial charge in [-0.15, -0.1) is 0 Å². The van der Waals surface area contributed by atoms with E-state index < -0.39 is 0 Å². The number of methoxy groups -OCH3 is 2. The molecule has 0 aliphatic carbocycles. The average molecular weight is 195 g/mol. The number of ether oxygens (including phenoxy) is 2. The van der Waals surface area contributed by atoms with Crippen LogP contribution in [-0.4, -0.2) is 26.6 Å². The second kappa shape index (κ2) is 4.62. The van der Waals surface area contributed by atoms with Gasteiger partial charge in [-0.1, -0.05) is 0 Å². The highest BCUT2D eigenvalue weighted by molar-refractivity contribution is 6.00. The normalized spacial score (nSPS) is 9.86. The molecule has 0 saturated carbocycles. The number of nitrogen functional groups attached to an aromatic ring is 1. The first-order valence-electron chi connectivity index (χ1n) is 4.14. The molecule has 0 heterocycles. The summed E-state index contributed by atoms with van der Waals surface area (Å²) < 4.78 is 9.79. The fraction of sp³-hybridized carbons (Fsp3) is 0.300. The molecule has 2 N–H and O–H groups in total. The smallest absolute Gasteiger partial charge is 0.192 e. The van der Waals surface area contributed by atoms with Gasteiger partial charge in [-0.25, -0.2) is 0 Å². The number of ketones is 1. The Kier molecular flexibility index (Phi) is 3.48. The summed E-state index contributed by atoms with van der Waals surface area (Å²) in [5.74, 6) is 0.358. The lowest BCUT2D eigenvalue weighted by atomic mass is 10.1. The molecule has 0 radical (unpaired) electrons. The SMILES string of the molecule is COCC(=O)c1ccc(N)cc1OC.